The van der Waals surface area contributed by atoms with Gasteiger partial charge in [0.25, 0.3) is 0 Å². The number of rotatable bonds is 7. The van der Waals surface area contributed by atoms with Gasteiger partial charge in [-0.2, -0.15) is 4.31 Å². The topological polar surface area (TPSA) is 99.0 Å². The molecule has 0 N–H and O–H groups in total. The Labute approximate surface area is 170 Å². The number of hydrogen-bond acceptors (Lipinski definition) is 6. The maximum Gasteiger partial charge on any atom is 0.312 e. The number of hydrogen-bond donors (Lipinski definition) is 0. The van der Waals surface area contributed by atoms with Crippen LogP contribution in [0.3, 0.4) is 0 Å². The first-order chi connectivity index (χ1) is 13.8. The molecule has 156 valence electrons. The zero-order valence-corrected chi connectivity index (χ0v) is 17.2. The highest BCUT2D eigenvalue weighted by Gasteiger charge is 2.30. The van der Waals surface area contributed by atoms with Crippen molar-refractivity contribution >= 4 is 15.7 Å². The van der Waals surface area contributed by atoms with Gasteiger partial charge in [-0.1, -0.05) is 19.1 Å². The van der Waals surface area contributed by atoms with E-state index >= 15 is 0 Å². The van der Waals surface area contributed by atoms with Crippen LogP contribution in [-0.4, -0.2) is 37.3 Å². The molecule has 0 aromatic heterocycles. The highest BCUT2D eigenvalue weighted by molar-refractivity contribution is 7.89. The van der Waals surface area contributed by atoms with Crippen LogP contribution in [0, 0.1) is 16.0 Å². The maximum absolute atomic E-state index is 12.9. The van der Waals surface area contributed by atoms with Gasteiger partial charge in [-0.3, -0.25) is 10.1 Å². The molecule has 0 saturated carbocycles. The van der Waals surface area contributed by atoms with Crippen molar-refractivity contribution < 1.29 is 22.8 Å². The van der Waals surface area contributed by atoms with Gasteiger partial charge < -0.3 is 9.47 Å². The minimum atomic E-state index is -3.80. The summed E-state index contributed by atoms with van der Waals surface area (Å²) >= 11 is 0. The van der Waals surface area contributed by atoms with E-state index in [2.05, 4.69) is 6.92 Å². The Balaban J connectivity index is 1.93. The molecule has 1 saturated heterocycles. The van der Waals surface area contributed by atoms with E-state index < -0.39 is 20.6 Å². The Bertz CT molecular complexity index is 984. The van der Waals surface area contributed by atoms with Crippen molar-refractivity contribution in [2.24, 2.45) is 5.92 Å². The summed E-state index contributed by atoms with van der Waals surface area (Å²) in [5.41, 5.74) is -0.414. The molecule has 9 heteroatoms. The van der Waals surface area contributed by atoms with Crippen LogP contribution in [0.15, 0.2) is 47.4 Å². The fourth-order valence-corrected chi connectivity index (χ4v) is 4.68. The molecule has 1 aliphatic heterocycles. The lowest BCUT2D eigenvalue weighted by Crippen LogP contribution is -2.37. The summed E-state index contributed by atoms with van der Waals surface area (Å²) in [6.45, 7) is 5.14. The predicted molar refractivity (Wildman–Crippen MR) is 108 cm³/mol. The zero-order chi connectivity index (χ0) is 21.0. The van der Waals surface area contributed by atoms with E-state index in [1.165, 1.54) is 16.4 Å². The van der Waals surface area contributed by atoms with E-state index in [-0.39, 0.29) is 10.6 Å². The molecule has 0 atom stereocenters. The van der Waals surface area contributed by atoms with Crippen molar-refractivity contribution in [2.45, 2.75) is 31.6 Å². The summed E-state index contributed by atoms with van der Waals surface area (Å²) in [4.78, 5) is 10.9. The van der Waals surface area contributed by atoms with Crippen LogP contribution < -0.4 is 9.47 Å². The fraction of sp³-hybridized carbons (Fsp3) is 0.400. The Morgan fingerprint density at radius 1 is 1.10 bits per heavy atom. The van der Waals surface area contributed by atoms with Crippen molar-refractivity contribution in [1.82, 2.24) is 4.31 Å². The van der Waals surface area contributed by atoms with Gasteiger partial charge in [0, 0.05) is 19.2 Å². The van der Waals surface area contributed by atoms with Crippen molar-refractivity contribution in [3.8, 4) is 17.2 Å². The normalized spacial score (nSPS) is 15.8. The maximum atomic E-state index is 12.9. The molecule has 1 heterocycles. The summed E-state index contributed by atoms with van der Waals surface area (Å²) in [6.07, 6.45) is 1.55. The Kier molecular flexibility index (Phi) is 6.39. The number of nitro groups is 1. The molecule has 0 radical (unpaired) electrons. The van der Waals surface area contributed by atoms with E-state index in [1.807, 2.05) is 6.92 Å². The molecule has 29 heavy (non-hydrogen) atoms. The molecule has 0 aliphatic carbocycles. The van der Waals surface area contributed by atoms with Crippen LogP contribution in [-0.2, 0) is 10.0 Å². The minimum Gasteiger partial charge on any atom is -0.490 e. The largest absolute Gasteiger partial charge is 0.490 e. The van der Waals surface area contributed by atoms with Crippen molar-refractivity contribution in [1.29, 1.82) is 0 Å². The quantitative estimate of drug-likeness (QED) is 0.491. The number of nitrogens with zero attached hydrogens (tertiary/aromatic N) is 2. The van der Waals surface area contributed by atoms with E-state index in [0.29, 0.717) is 37.1 Å². The predicted octanol–water partition coefficient (Wildman–Crippen LogP) is 4.21. The molecule has 2 aromatic carbocycles. The molecule has 0 amide bonds. The molecule has 8 nitrogen and oxygen atoms in total. The third kappa shape index (κ3) is 4.68. The molecule has 0 bridgehead atoms. The molecule has 3 rings (SSSR count). The summed E-state index contributed by atoms with van der Waals surface area (Å²) in [5.74, 6) is 1.19. The average molecular weight is 420 g/mol. The Hall–Kier alpha value is -2.65. The lowest BCUT2D eigenvalue weighted by atomic mass is 10.0. The molecule has 0 unspecified atom stereocenters. The number of benzene rings is 2. The van der Waals surface area contributed by atoms with Crippen molar-refractivity contribution in [3.63, 3.8) is 0 Å². The average Bonchev–Trinajstić information content (AvgIpc) is 2.70. The van der Waals surface area contributed by atoms with E-state index in [1.54, 1.807) is 24.3 Å². The van der Waals surface area contributed by atoms with Gasteiger partial charge in [-0.15, -0.1) is 0 Å². The van der Waals surface area contributed by atoms with E-state index in [4.69, 9.17) is 9.47 Å². The zero-order valence-electron chi connectivity index (χ0n) is 16.4. The number of ether oxygens (including phenoxy) is 2. The van der Waals surface area contributed by atoms with Crippen LogP contribution in [0.1, 0.15) is 26.7 Å². The summed E-state index contributed by atoms with van der Waals surface area (Å²) in [5, 5.41) is 11.6. The standard InChI is InChI=1S/C20H24N2O6S/c1-3-27-19-6-4-5-7-20(19)28-18-9-8-16(14-17(18)22(23)24)29(25,26)21-12-10-15(2)11-13-21/h4-9,14-15H,3,10-13H2,1-2H3. The van der Waals surface area contributed by atoms with Gasteiger partial charge in [-0.05, 0) is 49.9 Å². The first kappa shape index (κ1) is 21.1. The van der Waals surface area contributed by atoms with Crippen LogP contribution in [0.25, 0.3) is 0 Å². The second-order valence-electron chi connectivity index (χ2n) is 6.96. The smallest absolute Gasteiger partial charge is 0.312 e. The number of sulfonamides is 1. The van der Waals surface area contributed by atoms with Crippen molar-refractivity contribution in [3.05, 3.63) is 52.6 Å². The molecular formula is C20H24N2O6S. The second-order valence-corrected chi connectivity index (χ2v) is 8.89. The first-order valence-corrected chi connectivity index (χ1v) is 10.9. The third-order valence-electron chi connectivity index (χ3n) is 4.88. The molecule has 0 spiro atoms. The molecule has 1 fully saturated rings. The highest BCUT2D eigenvalue weighted by atomic mass is 32.2. The summed E-state index contributed by atoms with van der Waals surface area (Å²) in [6, 6.07) is 10.5. The Morgan fingerprint density at radius 3 is 2.38 bits per heavy atom. The van der Waals surface area contributed by atoms with E-state index in [0.717, 1.165) is 18.9 Å². The number of piperidine rings is 1. The van der Waals surface area contributed by atoms with Gasteiger partial charge in [-0.25, -0.2) is 8.42 Å². The van der Waals surface area contributed by atoms with Gasteiger partial charge in [0.15, 0.2) is 11.5 Å². The summed E-state index contributed by atoms with van der Waals surface area (Å²) in [7, 11) is -3.80. The Morgan fingerprint density at radius 2 is 1.76 bits per heavy atom. The van der Waals surface area contributed by atoms with Crippen LogP contribution >= 0.6 is 0 Å². The third-order valence-corrected chi connectivity index (χ3v) is 6.77. The SMILES string of the molecule is CCOc1ccccc1Oc1ccc(S(=O)(=O)N2CCC(C)CC2)cc1[N+](=O)[O-]. The number of nitro benzene ring substituents is 1. The first-order valence-electron chi connectivity index (χ1n) is 9.51. The molecule has 2 aromatic rings. The van der Waals surface area contributed by atoms with Gasteiger partial charge in [0.1, 0.15) is 0 Å². The van der Waals surface area contributed by atoms with Crippen LogP contribution in [0.4, 0.5) is 5.69 Å². The lowest BCUT2D eigenvalue weighted by Gasteiger charge is -2.29. The monoisotopic (exact) mass is 420 g/mol. The second kappa shape index (κ2) is 8.79. The molecular weight excluding hydrogens is 396 g/mol. The highest BCUT2D eigenvalue weighted by Crippen LogP contribution is 2.38. The van der Waals surface area contributed by atoms with Crippen molar-refractivity contribution in [2.75, 3.05) is 19.7 Å². The fourth-order valence-electron chi connectivity index (χ4n) is 3.19. The minimum absolute atomic E-state index is 0.0478. The van der Waals surface area contributed by atoms with Gasteiger partial charge in [0.2, 0.25) is 15.8 Å². The van der Waals surface area contributed by atoms with E-state index in [9.17, 15) is 18.5 Å². The molecule has 1 aliphatic rings. The van der Waals surface area contributed by atoms with Crippen LogP contribution in [0.2, 0.25) is 0 Å². The number of para-hydroxylation sites is 2. The van der Waals surface area contributed by atoms with Gasteiger partial charge >= 0.3 is 5.69 Å². The lowest BCUT2D eigenvalue weighted by molar-refractivity contribution is -0.385. The van der Waals surface area contributed by atoms with Gasteiger partial charge in [0.05, 0.1) is 16.4 Å². The van der Waals surface area contributed by atoms with Crippen LogP contribution in [0.5, 0.6) is 17.2 Å². The summed E-state index contributed by atoms with van der Waals surface area (Å²) < 4.78 is 38.4.